The first-order valence-corrected chi connectivity index (χ1v) is 6.45. The maximum absolute atomic E-state index is 13.3. The van der Waals surface area contributed by atoms with Crippen LogP contribution in [0.2, 0.25) is 0 Å². The lowest BCUT2D eigenvalue weighted by Gasteiger charge is -2.06. The van der Waals surface area contributed by atoms with Crippen LogP contribution in [0.4, 0.5) is 27.6 Å². The second kappa shape index (κ2) is 5.19. The molecule has 7 heteroatoms. The van der Waals surface area contributed by atoms with Crippen LogP contribution in [0.25, 0.3) is 11.6 Å². The minimum atomic E-state index is -4.45. The summed E-state index contributed by atoms with van der Waals surface area (Å²) in [7, 11) is 0. The van der Waals surface area contributed by atoms with Crippen LogP contribution in [0.15, 0.2) is 36.4 Å². The fourth-order valence-electron chi connectivity index (χ4n) is 2.26. The zero-order chi connectivity index (χ0) is 16.8. The normalized spacial score (nSPS) is 15.7. The molecule has 0 atom stereocenters. The van der Waals surface area contributed by atoms with Gasteiger partial charge in [0.2, 0.25) is 0 Å². The highest BCUT2D eigenvalue weighted by Gasteiger charge is 2.30. The van der Waals surface area contributed by atoms with Crippen LogP contribution in [0.1, 0.15) is 16.7 Å². The molecule has 0 saturated heterocycles. The van der Waals surface area contributed by atoms with E-state index in [4.69, 9.17) is 0 Å². The summed E-state index contributed by atoms with van der Waals surface area (Å²) in [6.07, 6.45) is -3.14. The predicted octanol–water partition coefficient (Wildman–Crippen LogP) is 4.48. The molecule has 0 unspecified atom stereocenters. The van der Waals surface area contributed by atoms with Crippen molar-refractivity contribution in [1.82, 2.24) is 0 Å². The van der Waals surface area contributed by atoms with Gasteiger partial charge in [0, 0.05) is 17.2 Å². The number of alkyl halides is 3. The average molecular weight is 325 g/mol. The first-order valence-electron chi connectivity index (χ1n) is 6.45. The number of carbonyl (C=O) groups excluding carboxylic acids is 1. The quantitative estimate of drug-likeness (QED) is 0.608. The number of hydrogen-bond donors (Lipinski definition) is 1. The van der Waals surface area contributed by atoms with E-state index in [1.807, 2.05) is 0 Å². The monoisotopic (exact) mass is 325 g/mol. The Morgan fingerprint density at radius 1 is 0.957 bits per heavy atom. The van der Waals surface area contributed by atoms with E-state index in [0.717, 1.165) is 24.3 Å². The third kappa shape index (κ3) is 2.81. The molecule has 0 bridgehead atoms. The molecule has 1 N–H and O–H groups in total. The van der Waals surface area contributed by atoms with E-state index in [2.05, 4.69) is 5.32 Å². The lowest BCUT2D eigenvalue weighted by Crippen LogP contribution is -2.04. The SMILES string of the molecule is O=C1Nc2cc(F)c(F)cc2/C1=C\c1ccc(C(F)(F)F)cc1. The standard InChI is InChI=1S/C16H8F5NO/c17-12-6-10-11(15(23)22-14(10)7-13(12)18)5-8-1-3-9(4-2-8)16(19,20)21/h1-7H,(H,22,23)/b11-5+. The Labute approximate surface area is 127 Å². The van der Waals surface area contributed by atoms with E-state index in [9.17, 15) is 26.7 Å². The molecular formula is C16H8F5NO. The van der Waals surface area contributed by atoms with Crippen LogP contribution in [-0.4, -0.2) is 5.91 Å². The molecule has 0 radical (unpaired) electrons. The van der Waals surface area contributed by atoms with Crippen molar-refractivity contribution in [3.05, 3.63) is 64.7 Å². The number of halogens is 5. The second-order valence-electron chi connectivity index (χ2n) is 4.94. The van der Waals surface area contributed by atoms with Gasteiger partial charge in [-0.1, -0.05) is 12.1 Å². The third-order valence-electron chi connectivity index (χ3n) is 3.39. The van der Waals surface area contributed by atoms with Gasteiger partial charge in [0.25, 0.3) is 5.91 Å². The molecule has 2 nitrogen and oxygen atoms in total. The zero-order valence-corrected chi connectivity index (χ0v) is 11.3. The summed E-state index contributed by atoms with van der Waals surface area (Å²) in [5, 5.41) is 2.38. The molecule has 0 aromatic heterocycles. The molecule has 0 aliphatic carbocycles. The average Bonchev–Trinajstić information content (AvgIpc) is 2.75. The van der Waals surface area contributed by atoms with Gasteiger partial charge in [-0.3, -0.25) is 4.79 Å². The zero-order valence-electron chi connectivity index (χ0n) is 11.3. The molecule has 1 heterocycles. The molecule has 0 fully saturated rings. The number of nitrogens with one attached hydrogen (secondary N) is 1. The van der Waals surface area contributed by atoms with E-state index in [-0.39, 0.29) is 16.8 Å². The molecule has 1 aliphatic heterocycles. The van der Waals surface area contributed by atoms with E-state index in [1.54, 1.807) is 0 Å². The van der Waals surface area contributed by atoms with Crippen molar-refractivity contribution in [3.63, 3.8) is 0 Å². The Hall–Kier alpha value is -2.70. The maximum atomic E-state index is 13.3. The maximum Gasteiger partial charge on any atom is 0.416 e. The van der Waals surface area contributed by atoms with Crippen LogP contribution in [0.3, 0.4) is 0 Å². The van der Waals surface area contributed by atoms with Gasteiger partial charge in [-0.15, -0.1) is 0 Å². The highest BCUT2D eigenvalue weighted by molar-refractivity contribution is 6.34. The Bertz CT molecular complexity index is 822. The highest BCUT2D eigenvalue weighted by Crippen LogP contribution is 2.35. The van der Waals surface area contributed by atoms with Crippen LogP contribution in [0, 0.1) is 11.6 Å². The lowest BCUT2D eigenvalue weighted by molar-refractivity contribution is -0.137. The lowest BCUT2D eigenvalue weighted by atomic mass is 10.0. The van der Waals surface area contributed by atoms with Crippen LogP contribution in [-0.2, 0) is 11.0 Å². The van der Waals surface area contributed by atoms with E-state index >= 15 is 0 Å². The first kappa shape index (κ1) is 15.2. The number of carbonyl (C=O) groups is 1. The predicted molar refractivity (Wildman–Crippen MR) is 74.3 cm³/mol. The highest BCUT2D eigenvalue weighted by atomic mass is 19.4. The van der Waals surface area contributed by atoms with Crippen molar-refractivity contribution >= 4 is 23.2 Å². The number of rotatable bonds is 1. The molecule has 0 spiro atoms. The van der Waals surface area contributed by atoms with Crippen LogP contribution >= 0.6 is 0 Å². The van der Waals surface area contributed by atoms with Crippen molar-refractivity contribution in [2.45, 2.75) is 6.18 Å². The minimum Gasteiger partial charge on any atom is -0.321 e. The summed E-state index contributed by atoms with van der Waals surface area (Å²) >= 11 is 0. The van der Waals surface area contributed by atoms with E-state index in [0.29, 0.717) is 5.56 Å². The van der Waals surface area contributed by atoms with Gasteiger partial charge >= 0.3 is 6.18 Å². The topological polar surface area (TPSA) is 29.1 Å². The minimum absolute atomic E-state index is 0.0543. The third-order valence-corrected chi connectivity index (χ3v) is 3.39. The molecular weight excluding hydrogens is 317 g/mol. The number of amides is 1. The molecule has 2 aromatic carbocycles. The van der Waals surface area contributed by atoms with E-state index < -0.39 is 29.3 Å². The summed E-state index contributed by atoms with van der Waals surface area (Å²) in [4.78, 5) is 11.9. The van der Waals surface area contributed by atoms with E-state index in [1.165, 1.54) is 18.2 Å². The Morgan fingerprint density at radius 2 is 1.57 bits per heavy atom. The summed E-state index contributed by atoms with van der Waals surface area (Å²) in [5.74, 6) is -2.79. The molecule has 0 saturated carbocycles. The van der Waals surface area contributed by atoms with Gasteiger partial charge in [0.15, 0.2) is 11.6 Å². The summed E-state index contributed by atoms with van der Waals surface area (Å²) in [6.45, 7) is 0. The van der Waals surface area contributed by atoms with Crippen molar-refractivity contribution in [2.75, 3.05) is 5.32 Å². The number of benzene rings is 2. The molecule has 2 aromatic rings. The van der Waals surface area contributed by atoms with Crippen molar-refractivity contribution in [2.24, 2.45) is 0 Å². The van der Waals surface area contributed by atoms with Gasteiger partial charge in [0.1, 0.15) is 0 Å². The number of fused-ring (bicyclic) bond motifs is 1. The fourth-order valence-corrected chi connectivity index (χ4v) is 2.26. The largest absolute Gasteiger partial charge is 0.416 e. The fraction of sp³-hybridized carbons (Fsp3) is 0.0625. The summed E-state index contributed by atoms with van der Waals surface area (Å²) in [5.41, 5.74) is -0.149. The molecule has 23 heavy (non-hydrogen) atoms. The van der Waals surface area contributed by atoms with Gasteiger partial charge in [-0.2, -0.15) is 13.2 Å². The van der Waals surface area contributed by atoms with Crippen LogP contribution < -0.4 is 5.32 Å². The number of anilines is 1. The van der Waals surface area contributed by atoms with Crippen LogP contribution in [0.5, 0.6) is 0 Å². The molecule has 118 valence electrons. The first-order chi connectivity index (χ1) is 10.8. The van der Waals surface area contributed by atoms with Crippen molar-refractivity contribution in [1.29, 1.82) is 0 Å². The summed E-state index contributed by atoms with van der Waals surface area (Å²) < 4.78 is 64.0. The molecule has 3 rings (SSSR count). The van der Waals surface area contributed by atoms with Gasteiger partial charge < -0.3 is 5.32 Å². The van der Waals surface area contributed by atoms with Crippen molar-refractivity contribution in [3.8, 4) is 0 Å². The van der Waals surface area contributed by atoms with Gasteiger partial charge in [-0.25, -0.2) is 8.78 Å². The Balaban J connectivity index is 2.01. The van der Waals surface area contributed by atoms with Crippen molar-refractivity contribution < 1.29 is 26.7 Å². The summed E-state index contributed by atoms with van der Waals surface area (Å²) in [6, 6.07) is 5.88. The van der Waals surface area contributed by atoms with Gasteiger partial charge in [-0.05, 0) is 29.8 Å². The smallest absolute Gasteiger partial charge is 0.321 e. The number of hydrogen-bond acceptors (Lipinski definition) is 1. The molecule has 1 aliphatic rings. The molecule has 1 amide bonds. The second-order valence-corrected chi connectivity index (χ2v) is 4.94. The van der Waals surface area contributed by atoms with Gasteiger partial charge in [0.05, 0.1) is 11.3 Å². The Morgan fingerprint density at radius 3 is 2.17 bits per heavy atom. The Kier molecular flexibility index (Phi) is 3.43.